The lowest BCUT2D eigenvalue weighted by atomic mass is 10.2. The molecule has 66 valence electrons. The van der Waals surface area contributed by atoms with E-state index in [1.807, 2.05) is 29.3 Å². The van der Waals surface area contributed by atoms with Gasteiger partial charge in [0, 0.05) is 29.9 Å². The molecule has 0 saturated carbocycles. The predicted molar refractivity (Wildman–Crippen MR) is 53.3 cm³/mol. The van der Waals surface area contributed by atoms with Gasteiger partial charge >= 0.3 is 0 Å². The lowest BCUT2D eigenvalue weighted by Gasteiger charge is -2.00. The minimum Gasteiger partial charge on any atom is -0.264 e. The first-order chi connectivity index (χ1) is 6.36. The molecule has 0 N–H and O–H groups in total. The number of nitrogens with zero attached hydrogens (tertiary/aromatic N) is 3. The summed E-state index contributed by atoms with van der Waals surface area (Å²) < 4.78 is 1.95. The Bertz CT molecular complexity index is 442. The molecule has 0 spiro atoms. The van der Waals surface area contributed by atoms with Crippen LogP contribution in [0.1, 0.15) is 12.5 Å². The van der Waals surface area contributed by atoms with Crippen molar-refractivity contribution in [2.24, 2.45) is 0 Å². The van der Waals surface area contributed by atoms with Crippen molar-refractivity contribution in [1.29, 1.82) is 0 Å². The highest BCUT2D eigenvalue weighted by atomic mass is 15.3. The van der Waals surface area contributed by atoms with Crippen LogP contribution in [0, 0.1) is 0 Å². The molecular weight excluding hydrogens is 162 g/mol. The third-order valence-corrected chi connectivity index (χ3v) is 2.09. The molecule has 0 aliphatic carbocycles. The fourth-order valence-electron chi connectivity index (χ4n) is 1.46. The van der Waals surface area contributed by atoms with Gasteiger partial charge in [-0.05, 0) is 6.92 Å². The second-order valence-electron chi connectivity index (χ2n) is 2.83. The molecule has 0 saturated heterocycles. The smallest absolute Gasteiger partial charge is 0.0785 e. The van der Waals surface area contributed by atoms with Crippen LogP contribution in [0.15, 0.2) is 25.2 Å². The standard InChI is InChI=1S/C10H11N3/c1-3-8-5-11-6-9-7-12-13(4-2)10(8)9/h3,5-7H,1,4H2,2H3. The van der Waals surface area contributed by atoms with Crippen LogP contribution in [0.25, 0.3) is 17.0 Å². The lowest BCUT2D eigenvalue weighted by molar-refractivity contribution is 0.683. The molecule has 13 heavy (non-hydrogen) atoms. The Hall–Kier alpha value is -1.64. The number of aromatic nitrogens is 3. The van der Waals surface area contributed by atoms with Gasteiger partial charge in [-0.25, -0.2) is 0 Å². The van der Waals surface area contributed by atoms with E-state index in [-0.39, 0.29) is 0 Å². The number of rotatable bonds is 2. The minimum absolute atomic E-state index is 0.869. The lowest BCUT2D eigenvalue weighted by Crippen LogP contribution is -1.96. The van der Waals surface area contributed by atoms with Gasteiger partial charge in [0.15, 0.2) is 0 Å². The van der Waals surface area contributed by atoms with Crippen LogP contribution in [0.2, 0.25) is 0 Å². The highest BCUT2D eigenvalue weighted by molar-refractivity contribution is 5.85. The summed E-state index contributed by atoms with van der Waals surface area (Å²) in [6, 6.07) is 0. The van der Waals surface area contributed by atoms with E-state index in [0.29, 0.717) is 0 Å². The van der Waals surface area contributed by atoms with Crippen LogP contribution < -0.4 is 0 Å². The van der Waals surface area contributed by atoms with Gasteiger partial charge in [-0.15, -0.1) is 0 Å². The van der Waals surface area contributed by atoms with E-state index in [1.165, 1.54) is 0 Å². The Balaban J connectivity index is 2.83. The van der Waals surface area contributed by atoms with Crippen molar-refractivity contribution in [3.63, 3.8) is 0 Å². The topological polar surface area (TPSA) is 30.7 Å². The van der Waals surface area contributed by atoms with Crippen molar-refractivity contribution in [3.8, 4) is 0 Å². The van der Waals surface area contributed by atoms with Gasteiger partial charge in [0.25, 0.3) is 0 Å². The van der Waals surface area contributed by atoms with E-state index in [9.17, 15) is 0 Å². The first-order valence-corrected chi connectivity index (χ1v) is 4.28. The van der Waals surface area contributed by atoms with Crippen LogP contribution in [-0.4, -0.2) is 14.8 Å². The number of fused-ring (bicyclic) bond motifs is 1. The van der Waals surface area contributed by atoms with Gasteiger partial charge in [-0.2, -0.15) is 5.10 Å². The first-order valence-electron chi connectivity index (χ1n) is 4.28. The Morgan fingerprint density at radius 2 is 2.31 bits per heavy atom. The average Bonchev–Trinajstić information content (AvgIpc) is 2.60. The van der Waals surface area contributed by atoms with Gasteiger partial charge in [-0.3, -0.25) is 9.67 Å². The summed E-state index contributed by atoms with van der Waals surface area (Å²) in [7, 11) is 0. The average molecular weight is 173 g/mol. The monoisotopic (exact) mass is 173 g/mol. The van der Waals surface area contributed by atoms with Crippen molar-refractivity contribution in [2.75, 3.05) is 0 Å². The maximum Gasteiger partial charge on any atom is 0.0785 e. The van der Waals surface area contributed by atoms with Gasteiger partial charge < -0.3 is 0 Å². The molecule has 0 radical (unpaired) electrons. The van der Waals surface area contributed by atoms with Gasteiger partial charge in [0.1, 0.15) is 0 Å². The maximum atomic E-state index is 4.25. The molecule has 0 fully saturated rings. The zero-order valence-electron chi connectivity index (χ0n) is 7.57. The summed E-state index contributed by atoms with van der Waals surface area (Å²) in [5.74, 6) is 0. The first kappa shape index (κ1) is 7.98. The fraction of sp³-hybridized carbons (Fsp3) is 0.200. The van der Waals surface area contributed by atoms with E-state index in [4.69, 9.17) is 0 Å². The summed E-state index contributed by atoms with van der Waals surface area (Å²) in [4.78, 5) is 4.11. The quantitative estimate of drug-likeness (QED) is 0.696. The minimum atomic E-state index is 0.869. The molecule has 2 heterocycles. The molecule has 0 aliphatic heterocycles. The molecule has 0 atom stereocenters. The molecule has 2 aromatic rings. The number of hydrogen-bond donors (Lipinski definition) is 0. The van der Waals surface area contributed by atoms with E-state index in [2.05, 4.69) is 23.6 Å². The van der Waals surface area contributed by atoms with Crippen LogP contribution in [0.3, 0.4) is 0 Å². The molecule has 0 aromatic carbocycles. The number of hydrogen-bond acceptors (Lipinski definition) is 2. The third-order valence-electron chi connectivity index (χ3n) is 2.09. The van der Waals surface area contributed by atoms with Crippen LogP contribution >= 0.6 is 0 Å². The third kappa shape index (κ3) is 1.13. The van der Waals surface area contributed by atoms with E-state index in [0.717, 1.165) is 23.0 Å². The Morgan fingerprint density at radius 1 is 1.46 bits per heavy atom. The normalized spacial score (nSPS) is 10.5. The number of pyridine rings is 1. The highest BCUT2D eigenvalue weighted by Crippen LogP contribution is 2.17. The molecular formula is C10H11N3. The summed E-state index contributed by atoms with van der Waals surface area (Å²) in [6.07, 6.45) is 7.27. The summed E-state index contributed by atoms with van der Waals surface area (Å²) >= 11 is 0. The van der Waals surface area contributed by atoms with Crippen molar-refractivity contribution >= 4 is 17.0 Å². The van der Waals surface area contributed by atoms with Crippen molar-refractivity contribution in [3.05, 3.63) is 30.7 Å². The predicted octanol–water partition coefficient (Wildman–Crippen LogP) is 2.09. The second-order valence-corrected chi connectivity index (χ2v) is 2.83. The van der Waals surface area contributed by atoms with Crippen molar-refractivity contribution < 1.29 is 0 Å². The maximum absolute atomic E-state index is 4.25. The van der Waals surface area contributed by atoms with Crippen LogP contribution in [0.4, 0.5) is 0 Å². The summed E-state index contributed by atoms with van der Waals surface area (Å²) in [5, 5.41) is 5.32. The molecule has 0 bridgehead atoms. The zero-order valence-corrected chi connectivity index (χ0v) is 7.57. The van der Waals surface area contributed by atoms with E-state index in [1.54, 1.807) is 0 Å². The van der Waals surface area contributed by atoms with E-state index < -0.39 is 0 Å². The molecule has 0 amide bonds. The van der Waals surface area contributed by atoms with Crippen LogP contribution in [-0.2, 0) is 6.54 Å². The number of aryl methyl sites for hydroxylation is 1. The Labute approximate surface area is 76.7 Å². The molecule has 3 nitrogen and oxygen atoms in total. The molecule has 2 aromatic heterocycles. The van der Waals surface area contributed by atoms with Gasteiger partial charge in [-0.1, -0.05) is 12.7 Å². The van der Waals surface area contributed by atoms with Crippen molar-refractivity contribution in [1.82, 2.24) is 14.8 Å². The highest BCUT2D eigenvalue weighted by Gasteiger charge is 2.04. The molecule has 3 heteroatoms. The Morgan fingerprint density at radius 3 is 3.00 bits per heavy atom. The Kier molecular flexibility index (Phi) is 1.85. The summed E-state index contributed by atoms with van der Waals surface area (Å²) in [5.41, 5.74) is 2.16. The second kappa shape index (κ2) is 3.01. The largest absolute Gasteiger partial charge is 0.264 e. The summed E-state index contributed by atoms with van der Waals surface area (Å²) in [6.45, 7) is 6.69. The molecule has 2 rings (SSSR count). The van der Waals surface area contributed by atoms with Gasteiger partial charge in [0.2, 0.25) is 0 Å². The van der Waals surface area contributed by atoms with Crippen LogP contribution in [0.5, 0.6) is 0 Å². The SMILES string of the molecule is C=Cc1cncc2cnn(CC)c12. The van der Waals surface area contributed by atoms with Crippen molar-refractivity contribution in [2.45, 2.75) is 13.5 Å². The molecule has 0 aliphatic rings. The van der Waals surface area contributed by atoms with Gasteiger partial charge in [0.05, 0.1) is 11.7 Å². The van der Waals surface area contributed by atoms with E-state index >= 15 is 0 Å². The fourth-order valence-corrected chi connectivity index (χ4v) is 1.46. The zero-order chi connectivity index (χ0) is 9.26. The molecule has 0 unspecified atom stereocenters.